The van der Waals surface area contributed by atoms with Crippen LogP contribution in [-0.4, -0.2) is 17.9 Å². The first-order chi connectivity index (χ1) is 8.58. The van der Waals surface area contributed by atoms with Gasteiger partial charge in [-0.25, -0.2) is 0 Å². The maximum atomic E-state index is 12.0. The number of halogens is 2. The molecular weight excluding hydrogens is 318 g/mol. The van der Waals surface area contributed by atoms with Gasteiger partial charge in [-0.15, -0.1) is 0 Å². The zero-order valence-corrected chi connectivity index (χ0v) is 12.0. The number of furan rings is 1. The summed E-state index contributed by atoms with van der Waals surface area (Å²) in [4.78, 5) is 13.6. The van der Waals surface area contributed by atoms with Crippen LogP contribution in [0.3, 0.4) is 0 Å². The van der Waals surface area contributed by atoms with E-state index in [-0.39, 0.29) is 5.91 Å². The van der Waals surface area contributed by atoms with Crippen molar-refractivity contribution in [3.05, 3.63) is 57.4 Å². The third-order valence-electron chi connectivity index (χ3n) is 2.50. The van der Waals surface area contributed by atoms with E-state index in [0.29, 0.717) is 22.0 Å². The Labute approximate surface area is 118 Å². The highest BCUT2D eigenvalue weighted by atomic mass is 79.9. The lowest BCUT2D eigenvalue weighted by atomic mass is 10.2. The Kier molecular flexibility index (Phi) is 4.09. The molecule has 1 amide bonds. The lowest BCUT2D eigenvalue weighted by Gasteiger charge is -2.16. The van der Waals surface area contributed by atoms with Gasteiger partial charge in [-0.1, -0.05) is 29.8 Å². The molecule has 2 aromatic rings. The van der Waals surface area contributed by atoms with Gasteiger partial charge >= 0.3 is 0 Å². The molecule has 18 heavy (non-hydrogen) atoms. The molecule has 0 N–H and O–H groups in total. The molecule has 94 valence electrons. The summed E-state index contributed by atoms with van der Waals surface area (Å²) >= 11 is 9.22. The molecule has 0 saturated carbocycles. The highest BCUT2D eigenvalue weighted by molar-refractivity contribution is 9.10. The third kappa shape index (κ3) is 2.94. The summed E-state index contributed by atoms with van der Waals surface area (Å²) in [6, 6.07) is 10.8. The van der Waals surface area contributed by atoms with Gasteiger partial charge in [0, 0.05) is 18.6 Å². The fourth-order valence-electron chi connectivity index (χ4n) is 1.57. The number of carbonyl (C=O) groups is 1. The SMILES string of the molecule is CN(Cc1ccccc1Cl)C(=O)c1ccc(Br)o1. The third-order valence-corrected chi connectivity index (χ3v) is 3.29. The van der Waals surface area contributed by atoms with Crippen LogP contribution >= 0.6 is 27.5 Å². The van der Waals surface area contributed by atoms with Gasteiger partial charge < -0.3 is 9.32 Å². The number of hydrogen-bond acceptors (Lipinski definition) is 2. The molecule has 0 bridgehead atoms. The van der Waals surface area contributed by atoms with Crippen LogP contribution in [0.15, 0.2) is 45.5 Å². The molecule has 0 aliphatic heterocycles. The van der Waals surface area contributed by atoms with E-state index in [4.69, 9.17) is 16.0 Å². The van der Waals surface area contributed by atoms with Crippen LogP contribution in [0.1, 0.15) is 16.1 Å². The summed E-state index contributed by atoms with van der Waals surface area (Å²) in [5, 5.41) is 0.651. The summed E-state index contributed by atoms with van der Waals surface area (Å²) in [6.45, 7) is 0.441. The normalized spacial score (nSPS) is 10.4. The first kappa shape index (κ1) is 13.2. The monoisotopic (exact) mass is 327 g/mol. The molecule has 0 aliphatic rings. The van der Waals surface area contributed by atoms with Crippen LogP contribution in [0, 0.1) is 0 Å². The van der Waals surface area contributed by atoms with Gasteiger partial charge in [0.15, 0.2) is 10.4 Å². The van der Waals surface area contributed by atoms with Crippen LogP contribution in [0.2, 0.25) is 5.02 Å². The molecule has 2 rings (SSSR count). The second-order valence-electron chi connectivity index (χ2n) is 3.86. The number of rotatable bonds is 3. The van der Waals surface area contributed by atoms with E-state index in [9.17, 15) is 4.79 Å². The van der Waals surface area contributed by atoms with E-state index in [2.05, 4.69) is 15.9 Å². The summed E-state index contributed by atoms with van der Waals surface area (Å²) in [6.07, 6.45) is 0. The number of hydrogen-bond donors (Lipinski definition) is 0. The van der Waals surface area contributed by atoms with Crippen molar-refractivity contribution in [2.24, 2.45) is 0 Å². The number of nitrogens with zero attached hydrogens (tertiary/aromatic N) is 1. The maximum absolute atomic E-state index is 12.0. The van der Waals surface area contributed by atoms with E-state index in [0.717, 1.165) is 5.56 Å². The lowest BCUT2D eigenvalue weighted by molar-refractivity contribution is 0.0752. The lowest BCUT2D eigenvalue weighted by Crippen LogP contribution is -2.25. The van der Waals surface area contributed by atoms with Crippen molar-refractivity contribution in [3.8, 4) is 0 Å². The van der Waals surface area contributed by atoms with Crippen molar-refractivity contribution in [2.75, 3.05) is 7.05 Å². The summed E-state index contributed by atoms with van der Waals surface area (Å²) in [5.41, 5.74) is 0.903. The van der Waals surface area contributed by atoms with Crippen molar-refractivity contribution >= 4 is 33.4 Å². The highest BCUT2D eigenvalue weighted by Gasteiger charge is 2.16. The van der Waals surface area contributed by atoms with Crippen molar-refractivity contribution in [2.45, 2.75) is 6.54 Å². The van der Waals surface area contributed by atoms with Gasteiger partial charge in [0.25, 0.3) is 5.91 Å². The Morgan fingerprint density at radius 2 is 2.06 bits per heavy atom. The van der Waals surface area contributed by atoms with Crippen LogP contribution in [0.5, 0.6) is 0 Å². The van der Waals surface area contributed by atoms with Gasteiger partial charge in [0.1, 0.15) is 0 Å². The molecule has 0 aliphatic carbocycles. The number of amides is 1. The fraction of sp³-hybridized carbons (Fsp3) is 0.154. The molecule has 0 saturated heterocycles. The largest absolute Gasteiger partial charge is 0.444 e. The Morgan fingerprint density at radius 3 is 2.67 bits per heavy atom. The van der Waals surface area contributed by atoms with Crippen LogP contribution < -0.4 is 0 Å². The van der Waals surface area contributed by atoms with Crippen molar-refractivity contribution < 1.29 is 9.21 Å². The molecule has 0 unspecified atom stereocenters. The van der Waals surface area contributed by atoms with Crippen molar-refractivity contribution in [3.63, 3.8) is 0 Å². The maximum Gasteiger partial charge on any atom is 0.289 e. The van der Waals surface area contributed by atoms with Crippen LogP contribution in [0.4, 0.5) is 0 Å². The average Bonchev–Trinajstić information content (AvgIpc) is 2.78. The Morgan fingerprint density at radius 1 is 1.33 bits per heavy atom. The van der Waals surface area contributed by atoms with Gasteiger partial charge in [-0.2, -0.15) is 0 Å². The number of benzene rings is 1. The molecule has 0 spiro atoms. The standard InChI is InChI=1S/C13H11BrClNO2/c1-16(8-9-4-2-3-5-10(9)15)13(17)11-6-7-12(14)18-11/h2-7H,8H2,1H3. The first-order valence-electron chi connectivity index (χ1n) is 5.32. The Bertz CT molecular complexity index is 568. The zero-order chi connectivity index (χ0) is 13.1. The van der Waals surface area contributed by atoms with E-state index in [1.807, 2.05) is 18.2 Å². The van der Waals surface area contributed by atoms with E-state index < -0.39 is 0 Å². The van der Waals surface area contributed by atoms with E-state index >= 15 is 0 Å². The second-order valence-corrected chi connectivity index (χ2v) is 5.05. The van der Waals surface area contributed by atoms with Gasteiger partial charge in [-0.3, -0.25) is 4.79 Å². The molecule has 1 aromatic heterocycles. The Balaban J connectivity index is 2.11. The van der Waals surface area contributed by atoms with E-state index in [1.54, 1.807) is 30.1 Å². The zero-order valence-electron chi connectivity index (χ0n) is 9.69. The predicted octanol–water partition coefficient (Wildman–Crippen LogP) is 3.97. The van der Waals surface area contributed by atoms with Gasteiger partial charge in [0.05, 0.1) is 0 Å². The minimum absolute atomic E-state index is 0.180. The molecule has 0 radical (unpaired) electrons. The van der Waals surface area contributed by atoms with Gasteiger partial charge in [-0.05, 0) is 39.7 Å². The topological polar surface area (TPSA) is 33.5 Å². The van der Waals surface area contributed by atoms with Crippen LogP contribution in [0.25, 0.3) is 0 Å². The fourth-order valence-corrected chi connectivity index (χ4v) is 2.07. The predicted molar refractivity (Wildman–Crippen MR) is 73.7 cm³/mol. The molecule has 0 atom stereocenters. The molecule has 1 aromatic carbocycles. The van der Waals surface area contributed by atoms with Crippen molar-refractivity contribution in [1.29, 1.82) is 0 Å². The summed E-state index contributed by atoms with van der Waals surface area (Å²) < 4.78 is 5.77. The molecule has 1 heterocycles. The average molecular weight is 329 g/mol. The quantitative estimate of drug-likeness (QED) is 0.854. The molecule has 0 fully saturated rings. The number of carbonyl (C=O) groups excluding carboxylic acids is 1. The van der Waals surface area contributed by atoms with Crippen molar-refractivity contribution in [1.82, 2.24) is 4.90 Å². The van der Waals surface area contributed by atoms with E-state index in [1.165, 1.54) is 0 Å². The highest BCUT2D eigenvalue weighted by Crippen LogP contribution is 2.19. The minimum atomic E-state index is -0.180. The Hall–Kier alpha value is -1.26. The summed E-state index contributed by atoms with van der Waals surface area (Å²) in [7, 11) is 1.71. The second kappa shape index (κ2) is 5.59. The smallest absolute Gasteiger partial charge is 0.289 e. The van der Waals surface area contributed by atoms with Crippen LogP contribution in [-0.2, 0) is 6.54 Å². The first-order valence-corrected chi connectivity index (χ1v) is 6.49. The van der Waals surface area contributed by atoms with Gasteiger partial charge in [0.2, 0.25) is 0 Å². The molecular formula is C13H11BrClNO2. The minimum Gasteiger partial charge on any atom is -0.444 e. The summed E-state index contributed by atoms with van der Waals surface area (Å²) in [5.74, 6) is 0.122. The molecule has 5 heteroatoms. The molecule has 3 nitrogen and oxygen atoms in total.